The molecule has 0 amide bonds. The molecule has 0 unspecified atom stereocenters. The summed E-state index contributed by atoms with van der Waals surface area (Å²) < 4.78 is 26.7. The van der Waals surface area contributed by atoms with Crippen LogP contribution in [-0.2, 0) is 0 Å². The topological polar surface area (TPSA) is 12.9 Å². The van der Waals surface area contributed by atoms with Crippen molar-refractivity contribution < 1.29 is 8.78 Å². The predicted octanol–water partition coefficient (Wildman–Crippen LogP) is 4.36. The largest absolute Gasteiger partial charge is 0.259 e. The molecule has 0 aliphatic carbocycles. The average Bonchev–Trinajstić information content (AvgIpc) is 2.34. The van der Waals surface area contributed by atoms with Gasteiger partial charge in [-0.1, -0.05) is 43.7 Å². The number of benzene rings is 1. The van der Waals surface area contributed by atoms with Gasteiger partial charge in [0.05, 0.1) is 18.0 Å². The van der Waals surface area contributed by atoms with Gasteiger partial charge in [0.1, 0.15) is 0 Å². The molecule has 2 aromatic rings. The monoisotopic (exact) mass is 235 g/mol. The third-order valence-electron chi connectivity index (χ3n) is 2.19. The number of hydrogen-bond donors (Lipinski definition) is 0. The number of halogens is 2. The zero-order valence-electron chi connectivity index (χ0n) is 10.2. The second-order valence-electron chi connectivity index (χ2n) is 3.34. The molecular formula is C14H15F2N. The summed E-state index contributed by atoms with van der Waals surface area (Å²) in [4.78, 5) is 3.44. The Balaban J connectivity index is 0.000000686. The normalized spacial score (nSPS) is 9.47. The molecule has 0 saturated heterocycles. The Bertz CT molecular complexity index is 458. The van der Waals surface area contributed by atoms with Crippen LogP contribution in [0, 0.1) is 18.6 Å². The highest BCUT2D eigenvalue weighted by Gasteiger charge is 2.10. The van der Waals surface area contributed by atoms with E-state index >= 15 is 0 Å². The molecule has 1 nitrogen and oxygen atoms in total. The lowest BCUT2D eigenvalue weighted by Gasteiger charge is -2.04. The number of hydrogen-bond acceptors (Lipinski definition) is 1. The van der Waals surface area contributed by atoms with E-state index in [9.17, 15) is 8.78 Å². The van der Waals surface area contributed by atoms with E-state index in [4.69, 9.17) is 0 Å². The first-order valence-electron chi connectivity index (χ1n) is 5.54. The van der Waals surface area contributed by atoms with Crippen LogP contribution >= 0.6 is 0 Å². The second-order valence-corrected chi connectivity index (χ2v) is 3.34. The first-order valence-corrected chi connectivity index (χ1v) is 5.54. The number of nitrogens with zero attached hydrogens (tertiary/aromatic N) is 1. The van der Waals surface area contributed by atoms with Gasteiger partial charge in [0.2, 0.25) is 0 Å². The van der Waals surface area contributed by atoms with Gasteiger partial charge in [0, 0.05) is 0 Å². The van der Waals surface area contributed by atoms with Crippen LogP contribution in [-0.4, -0.2) is 4.98 Å². The molecule has 3 heteroatoms. The molecule has 0 aliphatic heterocycles. The van der Waals surface area contributed by atoms with Crippen molar-refractivity contribution in [3.63, 3.8) is 0 Å². The van der Waals surface area contributed by atoms with E-state index in [1.165, 1.54) is 0 Å². The number of aromatic nitrogens is 1. The molecule has 1 aromatic heterocycles. The molecule has 0 bridgehead atoms. The molecule has 0 N–H and O–H groups in total. The van der Waals surface area contributed by atoms with Crippen LogP contribution in [0.2, 0.25) is 0 Å². The molecule has 0 saturated carbocycles. The third kappa shape index (κ3) is 3.09. The predicted molar refractivity (Wildman–Crippen MR) is 65.7 cm³/mol. The molecule has 0 radical (unpaired) electrons. The minimum atomic E-state index is -0.640. The third-order valence-corrected chi connectivity index (χ3v) is 2.19. The first-order chi connectivity index (χ1) is 8.18. The number of aryl methyl sites for hydroxylation is 1. The van der Waals surface area contributed by atoms with Crippen molar-refractivity contribution in [1.29, 1.82) is 0 Å². The van der Waals surface area contributed by atoms with Crippen LogP contribution in [0.4, 0.5) is 8.78 Å². The van der Waals surface area contributed by atoms with Crippen molar-refractivity contribution in [2.75, 3.05) is 0 Å². The lowest BCUT2D eigenvalue weighted by Crippen LogP contribution is -1.91. The van der Waals surface area contributed by atoms with Gasteiger partial charge in [-0.25, -0.2) is 8.78 Å². The van der Waals surface area contributed by atoms with E-state index in [1.54, 1.807) is 12.1 Å². The average molecular weight is 235 g/mol. The minimum Gasteiger partial charge on any atom is -0.259 e. The Kier molecular flexibility index (Phi) is 4.76. The lowest BCUT2D eigenvalue weighted by molar-refractivity contribution is 0.579. The Morgan fingerprint density at radius 3 is 1.82 bits per heavy atom. The lowest BCUT2D eigenvalue weighted by atomic mass is 10.0. The molecule has 17 heavy (non-hydrogen) atoms. The van der Waals surface area contributed by atoms with Crippen LogP contribution in [0.5, 0.6) is 0 Å². The fourth-order valence-electron chi connectivity index (χ4n) is 1.41. The quantitative estimate of drug-likeness (QED) is 0.715. The van der Waals surface area contributed by atoms with Gasteiger partial charge in [-0.2, -0.15) is 0 Å². The van der Waals surface area contributed by atoms with Crippen molar-refractivity contribution in [1.82, 2.24) is 4.98 Å². The van der Waals surface area contributed by atoms with Gasteiger partial charge in [0.15, 0.2) is 11.6 Å². The van der Waals surface area contributed by atoms with E-state index in [0.29, 0.717) is 5.56 Å². The molecular weight excluding hydrogens is 220 g/mol. The molecule has 90 valence electrons. The Morgan fingerprint density at radius 1 is 0.882 bits per heavy atom. The summed E-state index contributed by atoms with van der Waals surface area (Å²) in [5.74, 6) is -1.28. The SMILES string of the molecule is CC.Cc1ccc(-c2c(F)cncc2F)cc1. The van der Waals surface area contributed by atoms with E-state index in [2.05, 4.69) is 4.98 Å². The zero-order chi connectivity index (χ0) is 12.8. The van der Waals surface area contributed by atoms with Crippen LogP contribution < -0.4 is 0 Å². The van der Waals surface area contributed by atoms with E-state index in [0.717, 1.165) is 18.0 Å². The van der Waals surface area contributed by atoms with Gasteiger partial charge in [-0.15, -0.1) is 0 Å². The molecule has 0 spiro atoms. The maximum atomic E-state index is 13.3. The standard InChI is InChI=1S/C12H9F2N.C2H6/c1-8-2-4-9(5-3-8)12-10(13)6-15-7-11(12)14;1-2/h2-7H,1H3;1-2H3. The maximum absolute atomic E-state index is 13.3. The summed E-state index contributed by atoms with van der Waals surface area (Å²) >= 11 is 0. The second kappa shape index (κ2) is 6.09. The summed E-state index contributed by atoms with van der Waals surface area (Å²) in [6, 6.07) is 7.01. The Labute approximate surface area is 100 Å². The van der Waals surface area contributed by atoms with Crippen molar-refractivity contribution in [3.8, 4) is 11.1 Å². The van der Waals surface area contributed by atoms with Crippen molar-refractivity contribution in [2.24, 2.45) is 0 Å². The van der Waals surface area contributed by atoms with Gasteiger partial charge >= 0.3 is 0 Å². The highest BCUT2D eigenvalue weighted by molar-refractivity contribution is 5.64. The van der Waals surface area contributed by atoms with Crippen molar-refractivity contribution in [2.45, 2.75) is 20.8 Å². The Morgan fingerprint density at radius 2 is 1.35 bits per heavy atom. The van der Waals surface area contributed by atoms with Gasteiger partial charge in [-0.05, 0) is 12.5 Å². The molecule has 1 aromatic carbocycles. The van der Waals surface area contributed by atoms with E-state index < -0.39 is 11.6 Å². The van der Waals surface area contributed by atoms with Crippen molar-refractivity contribution >= 4 is 0 Å². The van der Waals surface area contributed by atoms with E-state index in [-0.39, 0.29) is 5.56 Å². The van der Waals surface area contributed by atoms with E-state index in [1.807, 2.05) is 32.9 Å². The molecule has 0 fully saturated rings. The van der Waals surface area contributed by atoms with Crippen molar-refractivity contribution in [3.05, 3.63) is 53.9 Å². The van der Waals surface area contributed by atoms with Gasteiger partial charge in [0.25, 0.3) is 0 Å². The summed E-state index contributed by atoms with van der Waals surface area (Å²) in [7, 11) is 0. The molecule has 1 heterocycles. The first kappa shape index (κ1) is 13.3. The summed E-state index contributed by atoms with van der Waals surface area (Å²) in [6.45, 7) is 5.92. The molecule has 0 aliphatic rings. The van der Waals surface area contributed by atoms with Crippen LogP contribution in [0.15, 0.2) is 36.7 Å². The van der Waals surface area contributed by atoms with Crippen LogP contribution in [0.3, 0.4) is 0 Å². The molecule has 0 atom stereocenters. The number of rotatable bonds is 1. The maximum Gasteiger partial charge on any atom is 0.152 e. The Hall–Kier alpha value is -1.77. The fraction of sp³-hybridized carbons (Fsp3) is 0.214. The van der Waals surface area contributed by atoms with Gasteiger partial charge in [-0.3, -0.25) is 4.98 Å². The zero-order valence-corrected chi connectivity index (χ0v) is 10.2. The highest BCUT2D eigenvalue weighted by atomic mass is 19.1. The number of pyridine rings is 1. The molecule has 2 rings (SSSR count). The summed E-state index contributed by atoms with van der Waals surface area (Å²) in [5, 5.41) is 0. The smallest absolute Gasteiger partial charge is 0.152 e. The fourth-order valence-corrected chi connectivity index (χ4v) is 1.41. The minimum absolute atomic E-state index is 0.0231. The highest BCUT2D eigenvalue weighted by Crippen LogP contribution is 2.24. The van der Waals surface area contributed by atoms with Crippen LogP contribution in [0.25, 0.3) is 11.1 Å². The van der Waals surface area contributed by atoms with Gasteiger partial charge < -0.3 is 0 Å². The summed E-state index contributed by atoms with van der Waals surface area (Å²) in [6.07, 6.45) is 2.02. The summed E-state index contributed by atoms with van der Waals surface area (Å²) in [5.41, 5.74) is 1.55. The van der Waals surface area contributed by atoms with Crippen LogP contribution in [0.1, 0.15) is 19.4 Å².